The van der Waals surface area contributed by atoms with Gasteiger partial charge in [-0.05, 0) is 72.6 Å². The molecule has 0 aromatic rings. The first kappa shape index (κ1) is 19.7. The van der Waals surface area contributed by atoms with Crippen molar-refractivity contribution in [3.63, 3.8) is 0 Å². The molecule has 0 nitrogen and oxygen atoms in total. The predicted octanol–water partition coefficient (Wildman–Crippen LogP) is 7.17. The van der Waals surface area contributed by atoms with E-state index in [1.807, 2.05) is 6.92 Å². The molecule has 0 saturated carbocycles. The average molecular weight is 287 g/mol. The molecule has 0 N–H and O–H groups in total. The highest BCUT2D eigenvalue weighted by atomic mass is 14.1. The highest BCUT2D eigenvalue weighted by molar-refractivity contribution is 5.12. The molecule has 0 amide bonds. The van der Waals surface area contributed by atoms with Crippen LogP contribution in [0.2, 0.25) is 0 Å². The summed E-state index contributed by atoms with van der Waals surface area (Å²) in [6, 6.07) is 0. The van der Waals surface area contributed by atoms with E-state index < -0.39 is 0 Å². The van der Waals surface area contributed by atoms with E-state index >= 15 is 0 Å². The van der Waals surface area contributed by atoms with E-state index in [4.69, 9.17) is 0 Å². The average Bonchev–Trinajstić information content (AvgIpc) is 2.42. The summed E-state index contributed by atoms with van der Waals surface area (Å²) < 4.78 is 0. The molecule has 0 aromatic heterocycles. The van der Waals surface area contributed by atoms with E-state index in [0.717, 1.165) is 18.4 Å². The largest absolute Gasteiger partial charge is 0.0998 e. The van der Waals surface area contributed by atoms with Crippen LogP contribution in [0.4, 0.5) is 0 Å². The van der Waals surface area contributed by atoms with Crippen molar-refractivity contribution in [3.8, 4) is 0 Å². The quantitative estimate of drug-likeness (QED) is 0.295. The predicted molar refractivity (Wildman–Crippen MR) is 98.5 cm³/mol. The van der Waals surface area contributed by atoms with Gasteiger partial charge < -0.3 is 0 Å². The van der Waals surface area contributed by atoms with E-state index in [1.54, 1.807) is 0 Å². The highest BCUT2D eigenvalue weighted by Crippen LogP contribution is 2.21. The van der Waals surface area contributed by atoms with Gasteiger partial charge in [-0.25, -0.2) is 0 Å². The van der Waals surface area contributed by atoms with E-state index in [2.05, 4.69) is 65.2 Å². The van der Waals surface area contributed by atoms with Crippen LogP contribution in [0.1, 0.15) is 66.7 Å². The van der Waals surface area contributed by atoms with Gasteiger partial charge in [-0.15, -0.1) is 0 Å². The van der Waals surface area contributed by atoms with Gasteiger partial charge in [-0.3, -0.25) is 0 Å². The summed E-state index contributed by atoms with van der Waals surface area (Å²) in [4.78, 5) is 0. The Labute approximate surface area is 133 Å². The number of rotatable bonds is 10. The summed E-state index contributed by atoms with van der Waals surface area (Å²) in [6.45, 7) is 18.8. The molecule has 21 heavy (non-hydrogen) atoms. The van der Waals surface area contributed by atoms with E-state index in [-0.39, 0.29) is 0 Å². The molecular weight excluding hydrogens is 252 g/mol. The molecule has 0 radical (unpaired) electrons. The highest BCUT2D eigenvalue weighted by Gasteiger charge is 2.06. The second-order valence-electron chi connectivity index (χ2n) is 6.29. The van der Waals surface area contributed by atoms with E-state index in [1.165, 1.54) is 36.0 Å². The van der Waals surface area contributed by atoms with Crippen molar-refractivity contribution in [3.05, 3.63) is 59.8 Å². The number of hydrogen-bond donors (Lipinski definition) is 0. The van der Waals surface area contributed by atoms with Gasteiger partial charge in [-0.2, -0.15) is 0 Å². The fourth-order valence-electron chi connectivity index (χ4n) is 2.17. The molecule has 1 unspecified atom stereocenters. The van der Waals surface area contributed by atoms with Crippen LogP contribution < -0.4 is 0 Å². The van der Waals surface area contributed by atoms with Crippen molar-refractivity contribution in [1.82, 2.24) is 0 Å². The lowest BCUT2D eigenvalue weighted by Gasteiger charge is -2.14. The topological polar surface area (TPSA) is 0 Å². The lowest BCUT2D eigenvalue weighted by molar-refractivity contribution is 0.574. The van der Waals surface area contributed by atoms with Crippen molar-refractivity contribution in [2.45, 2.75) is 66.7 Å². The van der Waals surface area contributed by atoms with E-state index in [9.17, 15) is 0 Å². The zero-order valence-electron chi connectivity index (χ0n) is 14.8. The maximum absolute atomic E-state index is 4.14. The monoisotopic (exact) mass is 286 g/mol. The molecule has 118 valence electrons. The number of allylic oxidation sites excluding steroid dienone is 8. The SMILES string of the molecule is C=C(C)C=CCC(CC/C=C(\C)CC/C(C)=C/C)C(=C)C. The molecule has 0 aliphatic carbocycles. The molecule has 0 aliphatic heterocycles. The lowest BCUT2D eigenvalue weighted by atomic mass is 9.92. The Morgan fingerprint density at radius 3 is 2.14 bits per heavy atom. The zero-order chi connectivity index (χ0) is 16.3. The normalized spacial score (nSPS) is 14.5. The minimum absolute atomic E-state index is 0.585. The summed E-state index contributed by atoms with van der Waals surface area (Å²) in [5, 5.41) is 0. The summed E-state index contributed by atoms with van der Waals surface area (Å²) in [7, 11) is 0. The fourth-order valence-corrected chi connectivity index (χ4v) is 2.17. The Kier molecular flexibility index (Phi) is 10.7. The molecule has 0 heterocycles. The Balaban J connectivity index is 4.24. The van der Waals surface area contributed by atoms with Crippen LogP contribution in [-0.2, 0) is 0 Å². The molecule has 0 heteroatoms. The van der Waals surface area contributed by atoms with Gasteiger partial charge in [0.05, 0.1) is 0 Å². The van der Waals surface area contributed by atoms with Gasteiger partial charge in [0, 0.05) is 0 Å². The van der Waals surface area contributed by atoms with Crippen molar-refractivity contribution in [1.29, 1.82) is 0 Å². The van der Waals surface area contributed by atoms with Crippen LogP contribution in [0.15, 0.2) is 59.8 Å². The summed E-state index contributed by atoms with van der Waals surface area (Å²) >= 11 is 0. The number of hydrogen-bond acceptors (Lipinski definition) is 0. The van der Waals surface area contributed by atoms with Crippen LogP contribution >= 0.6 is 0 Å². The Morgan fingerprint density at radius 2 is 1.62 bits per heavy atom. The minimum Gasteiger partial charge on any atom is -0.0998 e. The zero-order valence-corrected chi connectivity index (χ0v) is 14.8. The van der Waals surface area contributed by atoms with Gasteiger partial charge in [0.1, 0.15) is 0 Å². The van der Waals surface area contributed by atoms with Gasteiger partial charge in [0.15, 0.2) is 0 Å². The smallest absolute Gasteiger partial charge is 0.0171 e. The summed E-state index contributed by atoms with van der Waals surface area (Å²) in [5.41, 5.74) is 5.39. The van der Waals surface area contributed by atoms with Crippen LogP contribution in [0, 0.1) is 5.92 Å². The van der Waals surface area contributed by atoms with Crippen molar-refractivity contribution < 1.29 is 0 Å². The van der Waals surface area contributed by atoms with Gasteiger partial charge in [-0.1, -0.05) is 59.8 Å². The minimum atomic E-state index is 0.585. The summed E-state index contributed by atoms with van der Waals surface area (Å²) in [6.07, 6.45) is 14.7. The Morgan fingerprint density at radius 1 is 1.00 bits per heavy atom. The van der Waals surface area contributed by atoms with Gasteiger partial charge in [0.25, 0.3) is 0 Å². The molecule has 0 saturated heterocycles. The van der Waals surface area contributed by atoms with Crippen molar-refractivity contribution in [2.75, 3.05) is 0 Å². The van der Waals surface area contributed by atoms with Crippen molar-refractivity contribution >= 4 is 0 Å². The third-order valence-electron chi connectivity index (χ3n) is 3.93. The lowest BCUT2D eigenvalue weighted by Crippen LogP contribution is -1.99. The summed E-state index contributed by atoms with van der Waals surface area (Å²) in [5.74, 6) is 0.585. The third-order valence-corrected chi connectivity index (χ3v) is 3.93. The molecule has 0 bridgehead atoms. The second kappa shape index (κ2) is 11.4. The van der Waals surface area contributed by atoms with Crippen LogP contribution in [0.25, 0.3) is 0 Å². The molecule has 0 rings (SSSR count). The third kappa shape index (κ3) is 11.1. The Bertz CT molecular complexity index is 415. The second-order valence-corrected chi connectivity index (χ2v) is 6.29. The van der Waals surface area contributed by atoms with Crippen LogP contribution in [0.5, 0.6) is 0 Å². The van der Waals surface area contributed by atoms with E-state index in [0.29, 0.717) is 5.92 Å². The standard InChI is InChI=1S/C21H34/c1-8-19(6)15-16-20(7)12-10-14-21(18(4)5)13-9-11-17(2)3/h8-9,11-12,21H,2,4,10,13-16H2,1,3,5-7H3/b11-9?,19-8+,20-12+. The van der Waals surface area contributed by atoms with Crippen molar-refractivity contribution in [2.24, 2.45) is 5.92 Å². The molecular formula is C21H34. The molecule has 1 atom stereocenters. The Hall–Kier alpha value is -1.30. The molecule has 0 fully saturated rings. The van der Waals surface area contributed by atoms with Gasteiger partial charge >= 0.3 is 0 Å². The first-order chi connectivity index (χ1) is 9.86. The first-order valence-electron chi connectivity index (χ1n) is 8.11. The first-order valence-corrected chi connectivity index (χ1v) is 8.11. The van der Waals surface area contributed by atoms with Crippen LogP contribution in [0.3, 0.4) is 0 Å². The maximum atomic E-state index is 4.14. The van der Waals surface area contributed by atoms with Gasteiger partial charge in [0.2, 0.25) is 0 Å². The maximum Gasteiger partial charge on any atom is -0.0171 e. The molecule has 0 aromatic carbocycles. The fraction of sp³-hybridized carbons (Fsp3) is 0.524. The molecule has 0 aliphatic rings. The van der Waals surface area contributed by atoms with Crippen LogP contribution in [-0.4, -0.2) is 0 Å². The molecule has 0 spiro atoms.